The Morgan fingerprint density at radius 2 is 1.78 bits per heavy atom. The number of nitrogens with one attached hydrogen (secondary N) is 1. The lowest BCUT2D eigenvalue weighted by Gasteiger charge is -2.20. The largest absolute Gasteiger partial charge is 0.550 e. The normalized spacial score (nSPS) is 12.9. The van der Waals surface area contributed by atoms with Crippen LogP contribution in [0.5, 0.6) is 0 Å². The number of carboxylic acid groups (broad SMARTS) is 1. The van der Waals surface area contributed by atoms with Gasteiger partial charge in [-0.1, -0.05) is 18.2 Å². The smallest absolute Gasteiger partial charge is 0.268 e. The number of carbonyl (C=O) groups excluding carboxylic acids is 2. The molecule has 198 valence electrons. The highest BCUT2D eigenvalue weighted by atomic mass is 19.1. The molecule has 2 heterocycles. The maximum atomic E-state index is 13.8. The number of carboxylic acids is 1. The molecule has 2 atom stereocenters. The molecule has 3 rings (SSSR count). The molecule has 1 aromatic carbocycles. The molecule has 0 spiro atoms. The summed E-state index contributed by atoms with van der Waals surface area (Å²) in [5.74, 6) is -2.07. The van der Waals surface area contributed by atoms with Crippen LogP contribution in [-0.4, -0.2) is 50.4 Å². The number of amides is 1. The minimum absolute atomic E-state index is 0.126. The Morgan fingerprint density at radius 3 is 2.35 bits per heavy atom. The number of aliphatic hydroxyl groups excluding tert-OH is 2. The van der Waals surface area contributed by atoms with Gasteiger partial charge in [-0.3, -0.25) is 9.78 Å². The van der Waals surface area contributed by atoms with Crippen molar-refractivity contribution in [1.29, 1.82) is 0 Å². The van der Waals surface area contributed by atoms with Crippen LogP contribution in [0.15, 0.2) is 48.7 Å². The van der Waals surface area contributed by atoms with E-state index >= 15 is 0 Å². The lowest BCUT2D eigenvalue weighted by Crippen LogP contribution is -2.29. The van der Waals surface area contributed by atoms with E-state index in [2.05, 4.69) is 10.3 Å². The van der Waals surface area contributed by atoms with Crippen LogP contribution in [0.2, 0.25) is 0 Å². The molecule has 8 nitrogen and oxygen atoms in total. The first-order chi connectivity index (χ1) is 17.6. The maximum Gasteiger partial charge on any atom is 0.268 e. The molecule has 0 bridgehead atoms. The number of pyridine rings is 1. The number of halogens is 1. The summed E-state index contributed by atoms with van der Waals surface area (Å²) in [5, 5.41) is 34.2. The van der Waals surface area contributed by atoms with Gasteiger partial charge in [0.15, 0.2) is 0 Å². The number of benzene rings is 1. The number of aliphatic hydroxyl groups is 2. The number of aromatic nitrogens is 2. The monoisotopic (exact) mass is 510 g/mol. The first kappa shape index (κ1) is 28.0. The van der Waals surface area contributed by atoms with Crippen LogP contribution in [0.3, 0.4) is 0 Å². The molecular weight excluding hydrogens is 477 g/mol. The van der Waals surface area contributed by atoms with Crippen LogP contribution < -0.4 is 10.4 Å². The van der Waals surface area contributed by atoms with Crippen molar-refractivity contribution < 1.29 is 29.3 Å². The average molecular weight is 511 g/mol. The Hall–Kier alpha value is -3.56. The lowest BCUT2D eigenvalue weighted by atomic mass is 9.94. The van der Waals surface area contributed by atoms with Gasteiger partial charge in [-0.2, -0.15) is 0 Å². The molecule has 0 aliphatic heterocycles. The van der Waals surface area contributed by atoms with E-state index < -0.39 is 30.4 Å². The molecule has 0 saturated heterocycles. The van der Waals surface area contributed by atoms with Gasteiger partial charge in [-0.05, 0) is 69.9 Å². The van der Waals surface area contributed by atoms with Crippen LogP contribution in [0, 0.1) is 5.82 Å². The molecule has 0 fully saturated rings. The summed E-state index contributed by atoms with van der Waals surface area (Å²) in [6.07, 6.45) is -0.764. The van der Waals surface area contributed by atoms with Gasteiger partial charge in [0.2, 0.25) is 0 Å². The summed E-state index contributed by atoms with van der Waals surface area (Å²) in [6.45, 7) is 6.14. The molecule has 3 N–H and O–H groups in total. The van der Waals surface area contributed by atoms with Crippen molar-refractivity contribution in [3.8, 4) is 22.4 Å². The summed E-state index contributed by atoms with van der Waals surface area (Å²) >= 11 is 0. The van der Waals surface area contributed by atoms with E-state index in [0.29, 0.717) is 41.0 Å². The van der Waals surface area contributed by atoms with Crippen molar-refractivity contribution in [2.24, 2.45) is 0 Å². The topological polar surface area (TPSA) is 128 Å². The summed E-state index contributed by atoms with van der Waals surface area (Å²) in [7, 11) is 0. The molecule has 9 heteroatoms. The molecule has 0 aliphatic carbocycles. The Labute approximate surface area is 215 Å². The summed E-state index contributed by atoms with van der Waals surface area (Å²) < 4.78 is 15.8. The quantitative estimate of drug-likeness (QED) is 0.344. The highest BCUT2D eigenvalue weighted by molar-refractivity contribution is 6.04. The number of aliphatic carboxylic acids is 1. The molecular formula is C28H33FN3O5-. The van der Waals surface area contributed by atoms with Gasteiger partial charge in [0.05, 0.1) is 17.9 Å². The summed E-state index contributed by atoms with van der Waals surface area (Å²) in [4.78, 5) is 28.7. The first-order valence-corrected chi connectivity index (χ1v) is 12.4. The van der Waals surface area contributed by atoms with Crippen molar-refractivity contribution in [1.82, 2.24) is 14.9 Å². The molecule has 0 aliphatic rings. The zero-order valence-electron chi connectivity index (χ0n) is 21.3. The van der Waals surface area contributed by atoms with Gasteiger partial charge < -0.3 is 30.0 Å². The number of carbonyl (C=O) groups is 2. The molecule has 0 unspecified atom stereocenters. The Bertz CT molecular complexity index is 1210. The number of hydrogen-bond donors (Lipinski definition) is 3. The van der Waals surface area contributed by atoms with Crippen molar-refractivity contribution >= 4 is 11.9 Å². The van der Waals surface area contributed by atoms with Gasteiger partial charge in [0.25, 0.3) is 5.91 Å². The van der Waals surface area contributed by atoms with E-state index in [1.54, 1.807) is 24.4 Å². The average Bonchev–Trinajstić information content (AvgIpc) is 3.19. The first-order valence-electron chi connectivity index (χ1n) is 12.4. The SMILES string of the molecule is CCNC(=O)c1c(-c2ccccn2)c(-c2ccc(F)cc2)c(CC[C@@H](O)C[C@@H](O)CC(=O)[O-])n1C(C)C. The molecule has 0 saturated carbocycles. The fourth-order valence-electron chi connectivity index (χ4n) is 4.62. The minimum Gasteiger partial charge on any atom is -0.550 e. The third-order valence-electron chi connectivity index (χ3n) is 6.09. The minimum atomic E-state index is -1.39. The van der Waals surface area contributed by atoms with Crippen molar-refractivity contribution in [2.45, 2.75) is 64.7 Å². The molecule has 0 radical (unpaired) electrons. The van der Waals surface area contributed by atoms with Crippen molar-refractivity contribution in [3.63, 3.8) is 0 Å². The lowest BCUT2D eigenvalue weighted by molar-refractivity contribution is -0.307. The van der Waals surface area contributed by atoms with Crippen molar-refractivity contribution in [3.05, 3.63) is 65.9 Å². The van der Waals surface area contributed by atoms with E-state index in [1.165, 1.54) is 12.1 Å². The molecule has 3 aromatic rings. The standard InChI is InChI=1S/C28H34FN3O5/c1-4-30-28(37)27-26(22-7-5-6-14-31-22)25(18-8-10-19(29)11-9-18)23(32(27)17(2)3)13-12-20(33)15-21(34)16-24(35)36/h5-11,14,17,20-21,33-34H,4,12-13,15-16H2,1-3H3,(H,30,37)(H,35,36)/p-1/t20-,21-/m1/s1. The van der Waals surface area contributed by atoms with E-state index in [-0.39, 0.29) is 24.8 Å². The fourth-order valence-corrected chi connectivity index (χ4v) is 4.62. The van der Waals surface area contributed by atoms with Gasteiger partial charge in [0.1, 0.15) is 11.5 Å². The van der Waals surface area contributed by atoms with E-state index in [9.17, 15) is 29.3 Å². The highest BCUT2D eigenvalue weighted by Crippen LogP contribution is 2.42. The van der Waals surface area contributed by atoms with Crippen LogP contribution in [-0.2, 0) is 11.2 Å². The molecule has 37 heavy (non-hydrogen) atoms. The summed E-state index contributed by atoms with van der Waals surface area (Å²) in [6, 6.07) is 11.3. The van der Waals surface area contributed by atoms with Gasteiger partial charge in [0, 0.05) is 48.0 Å². The second kappa shape index (κ2) is 12.6. The van der Waals surface area contributed by atoms with Crippen LogP contribution in [0.1, 0.15) is 62.3 Å². The maximum absolute atomic E-state index is 13.8. The molecule has 2 aromatic heterocycles. The fraction of sp³-hybridized carbons (Fsp3) is 0.393. The van der Waals surface area contributed by atoms with Crippen LogP contribution in [0.4, 0.5) is 4.39 Å². The van der Waals surface area contributed by atoms with E-state index in [0.717, 1.165) is 5.69 Å². The van der Waals surface area contributed by atoms with Gasteiger partial charge in [-0.15, -0.1) is 0 Å². The Morgan fingerprint density at radius 1 is 1.08 bits per heavy atom. The van der Waals surface area contributed by atoms with Crippen LogP contribution in [0.25, 0.3) is 22.4 Å². The zero-order chi connectivity index (χ0) is 27.1. The second-order valence-electron chi connectivity index (χ2n) is 9.25. The third-order valence-corrected chi connectivity index (χ3v) is 6.09. The predicted molar refractivity (Wildman–Crippen MR) is 136 cm³/mol. The third kappa shape index (κ3) is 6.81. The predicted octanol–water partition coefficient (Wildman–Crippen LogP) is 2.87. The van der Waals surface area contributed by atoms with Crippen LogP contribution >= 0.6 is 0 Å². The number of nitrogens with zero attached hydrogens (tertiary/aromatic N) is 2. The molecule has 1 amide bonds. The second-order valence-corrected chi connectivity index (χ2v) is 9.25. The number of rotatable bonds is 12. The Kier molecular flexibility index (Phi) is 9.54. The van der Waals surface area contributed by atoms with Crippen molar-refractivity contribution in [2.75, 3.05) is 6.54 Å². The Balaban J connectivity index is 2.21. The van der Waals surface area contributed by atoms with E-state index in [4.69, 9.17) is 0 Å². The van der Waals surface area contributed by atoms with E-state index in [1.807, 2.05) is 37.5 Å². The summed E-state index contributed by atoms with van der Waals surface area (Å²) in [5.41, 5.74) is 3.74. The number of hydrogen-bond acceptors (Lipinski definition) is 6. The van der Waals surface area contributed by atoms with Gasteiger partial charge in [-0.25, -0.2) is 4.39 Å². The zero-order valence-corrected chi connectivity index (χ0v) is 21.3. The van der Waals surface area contributed by atoms with Gasteiger partial charge >= 0.3 is 0 Å². The highest BCUT2D eigenvalue weighted by Gasteiger charge is 2.30.